The number of aromatic nitrogens is 3. The predicted molar refractivity (Wildman–Crippen MR) is 124 cm³/mol. The third kappa shape index (κ3) is 4.27. The van der Waals surface area contributed by atoms with Crippen molar-refractivity contribution in [3.63, 3.8) is 0 Å². The van der Waals surface area contributed by atoms with Crippen molar-refractivity contribution in [1.29, 1.82) is 0 Å². The lowest BCUT2D eigenvalue weighted by atomic mass is 10.2. The van der Waals surface area contributed by atoms with Crippen molar-refractivity contribution in [2.75, 3.05) is 19.0 Å². The van der Waals surface area contributed by atoms with Gasteiger partial charge in [-0.3, -0.25) is 9.98 Å². The highest BCUT2D eigenvalue weighted by atomic mass is 35.5. The summed E-state index contributed by atoms with van der Waals surface area (Å²) in [6.45, 7) is 5.97. The molecule has 0 amide bonds. The van der Waals surface area contributed by atoms with Gasteiger partial charge in [0.2, 0.25) is 0 Å². The lowest BCUT2D eigenvalue weighted by Gasteiger charge is -2.15. The van der Waals surface area contributed by atoms with E-state index in [1.807, 2.05) is 37.3 Å². The number of aliphatic imine (C=N–C) groups is 1. The van der Waals surface area contributed by atoms with Crippen LogP contribution >= 0.6 is 11.6 Å². The number of hydrogen-bond donors (Lipinski definition) is 1. The van der Waals surface area contributed by atoms with Gasteiger partial charge in [0.05, 0.1) is 29.9 Å². The Morgan fingerprint density at radius 1 is 1.16 bits per heavy atom. The summed E-state index contributed by atoms with van der Waals surface area (Å²) < 4.78 is 11.1. The highest BCUT2D eigenvalue weighted by Crippen LogP contribution is 2.39. The Labute approximate surface area is 184 Å². The minimum Gasteiger partial charge on any atom is -0.497 e. The maximum atomic E-state index is 6.51. The van der Waals surface area contributed by atoms with Crippen LogP contribution in [0.15, 0.2) is 59.9 Å². The van der Waals surface area contributed by atoms with Crippen LogP contribution in [0.25, 0.3) is 22.3 Å². The Hall–Kier alpha value is -3.71. The average molecular weight is 434 g/mol. The molecule has 0 atom stereocenters. The van der Waals surface area contributed by atoms with Crippen molar-refractivity contribution < 1.29 is 9.47 Å². The third-order valence-corrected chi connectivity index (χ3v) is 4.91. The summed E-state index contributed by atoms with van der Waals surface area (Å²) in [5.74, 6) is 2.39. The van der Waals surface area contributed by atoms with Crippen molar-refractivity contribution in [3.8, 4) is 22.9 Å². The molecule has 2 aromatic heterocycles. The summed E-state index contributed by atoms with van der Waals surface area (Å²) in [7, 11) is 1.62. The van der Waals surface area contributed by atoms with Crippen molar-refractivity contribution in [1.82, 2.24) is 15.0 Å². The molecule has 8 heteroatoms. The molecule has 0 saturated carbocycles. The molecule has 2 heterocycles. The van der Waals surface area contributed by atoms with Crippen molar-refractivity contribution in [2.24, 2.45) is 4.99 Å². The Kier molecular flexibility index (Phi) is 5.95. The number of nitrogens with zero attached hydrogens (tertiary/aromatic N) is 4. The van der Waals surface area contributed by atoms with Gasteiger partial charge in [-0.05, 0) is 50.0 Å². The van der Waals surface area contributed by atoms with E-state index in [9.17, 15) is 0 Å². The normalized spacial score (nSPS) is 10.7. The summed E-state index contributed by atoms with van der Waals surface area (Å²) >= 11 is 6.51. The summed E-state index contributed by atoms with van der Waals surface area (Å²) in [6, 6.07) is 12.9. The summed E-state index contributed by atoms with van der Waals surface area (Å²) in [5, 5.41) is 4.57. The molecular formula is C23H20ClN5O2. The molecular weight excluding hydrogens is 414 g/mol. The largest absolute Gasteiger partial charge is 0.497 e. The number of fused-ring (bicyclic) bond motifs is 1. The summed E-state index contributed by atoms with van der Waals surface area (Å²) in [6.07, 6.45) is 3.43. The van der Waals surface area contributed by atoms with Crippen LogP contribution in [0.1, 0.15) is 6.92 Å². The monoisotopic (exact) mass is 433 g/mol. The van der Waals surface area contributed by atoms with Crippen molar-refractivity contribution >= 4 is 46.4 Å². The first-order valence-electron chi connectivity index (χ1n) is 9.59. The molecule has 0 saturated heterocycles. The van der Waals surface area contributed by atoms with Crippen LogP contribution in [0.3, 0.4) is 0 Å². The van der Waals surface area contributed by atoms with Gasteiger partial charge in [0.25, 0.3) is 0 Å². The lowest BCUT2D eigenvalue weighted by Crippen LogP contribution is -2.01. The van der Waals surface area contributed by atoms with Gasteiger partial charge < -0.3 is 14.8 Å². The van der Waals surface area contributed by atoms with E-state index in [0.717, 1.165) is 16.5 Å². The first-order valence-corrected chi connectivity index (χ1v) is 9.97. The van der Waals surface area contributed by atoms with Crippen LogP contribution in [0.4, 0.5) is 17.2 Å². The van der Waals surface area contributed by atoms with Crippen molar-refractivity contribution in [3.05, 3.63) is 59.9 Å². The van der Waals surface area contributed by atoms with E-state index in [2.05, 4.69) is 22.0 Å². The average Bonchev–Trinajstić information content (AvgIpc) is 2.81. The Morgan fingerprint density at radius 3 is 2.74 bits per heavy atom. The molecule has 0 fully saturated rings. The molecule has 0 radical (unpaired) electrons. The molecule has 31 heavy (non-hydrogen) atoms. The fourth-order valence-corrected chi connectivity index (χ4v) is 3.32. The number of nitrogens with one attached hydrogen (secondary N) is 1. The Balaban J connectivity index is 1.87. The molecule has 7 nitrogen and oxygen atoms in total. The van der Waals surface area contributed by atoms with Crippen LogP contribution in [-0.2, 0) is 0 Å². The smallest absolute Gasteiger partial charge is 0.163 e. The second kappa shape index (κ2) is 8.97. The second-order valence-electron chi connectivity index (χ2n) is 6.54. The number of anilines is 2. The van der Waals surface area contributed by atoms with E-state index in [1.165, 1.54) is 0 Å². The molecule has 4 aromatic rings. The summed E-state index contributed by atoms with van der Waals surface area (Å²) in [5.41, 5.74) is 2.75. The molecule has 0 aliphatic heterocycles. The van der Waals surface area contributed by atoms with Gasteiger partial charge in [0.1, 0.15) is 23.0 Å². The topological polar surface area (TPSA) is 81.5 Å². The molecule has 0 spiro atoms. The van der Waals surface area contributed by atoms with E-state index in [1.54, 1.807) is 31.6 Å². The van der Waals surface area contributed by atoms with E-state index in [4.69, 9.17) is 31.0 Å². The van der Waals surface area contributed by atoms with E-state index < -0.39 is 0 Å². The Morgan fingerprint density at radius 2 is 2.03 bits per heavy atom. The predicted octanol–water partition coefficient (Wildman–Crippen LogP) is 5.83. The minimum absolute atomic E-state index is 0.462. The van der Waals surface area contributed by atoms with Crippen molar-refractivity contribution in [2.45, 2.75) is 6.92 Å². The number of hydrogen-bond acceptors (Lipinski definition) is 7. The van der Waals surface area contributed by atoms with E-state index in [0.29, 0.717) is 46.1 Å². The van der Waals surface area contributed by atoms with Crippen LogP contribution in [0, 0.1) is 0 Å². The molecule has 0 bridgehead atoms. The number of rotatable bonds is 7. The molecule has 0 unspecified atom stereocenters. The van der Waals surface area contributed by atoms with Crippen LogP contribution < -0.4 is 14.8 Å². The van der Waals surface area contributed by atoms with Gasteiger partial charge >= 0.3 is 0 Å². The first-order chi connectivity index (χ1) is 15.1. The van der Waals surface area contributed by atoms with Gasteiger partial charge in [0, 0.05) is 29.4 Å². The zero-order valence-electron chi connectivity index (χ0n) is 17.1. The molecule has 4 rings (SSSR count). The molecule has 0 aliphatic rings. The maximum absolute atomic E-state index is 6.51. The second-order valence-corrected chi connectivity index (χ2v) is 6.94. The quantitative estimate of drug-likeness (QED) is 0.369. The highest BCUT2D eigenvalue weighted by Gasteiger charge is 2.14. The third-order valence-electron chi connectivity index (χ3n) is 4.59. The number of halogens is 1. The number of ether oxygens (including phenoxy) is 2. The minimum atomic E-state index is 0.462. The molecule has 1 N–H and O–H groups in total. The van der Waals surface area contributed by atoms with Crippen LogP contribution in [0.2, 0.25) is 5.02 Å². The molecule has 156 valence electrons. The van der Waals surface area contributed by atoms with Gasteiger partial charge in [0.15, 0.2) is 5.82 Å². The molecule has 2 aromatic carbocycles. The lowest BCUT2D eigenvalue weighted by molar-refractivity contribution is 0.341. The van der Waals surface area contributed by atoms with Gasteiger partial charge in [-0.15, -0.1) is 0 Å². The Bertz CT molecular complexity index is 1250. The number of methoxy groups -OCH3 is 1. The van der Waals surface area contributed by atoms with Gasteiger partial charge in [-0.25, -0.2) is 9.97 Å². The van der Waals surface area contributed by atoms with E-state index >= 15 is 0 Å². The SMILES string of the molecule is C=Nc1cc(Cl)c(Nc2nc(-c3cccnc3)nc3ccc(OC)cc23)cc1OCC. The van der Waals surface area contributed by atoms with Crippen LogP contribution in [0.5, 0.6) is 11.5 Å². The van der Waals surface area contributed by atoms with Gasteiger partial charge in [-0.2, -0.15) is 0 Å². The molecule has 0 aliphatic carbocycles. The fraction of sp³-hybridized carbons (Fsp3) is 0.130. The zero-order valence-corrected chi connectivity index (χ0v) is 17.8. The standard InChI is InChI=1S/C23H20ClN5O2/c1-4-31-21-12-19(17(24)11-20(21)25-2)28-23-16-10-15(30-3)7-8-18(16)27-22(29-23)14-6-5-9-26-13-14/h5-13H,2,4H2,1,3H3,(H,27,28,29). The maximum Gasteiger partial charge on any atom is 0.163 e. The fourth-order valence-electron chi connectivity index (χ4n) is 3.11. The summed E-state index contributed by atoms with van der Waals surface area (Å²) in [4.78, 5) is 17.6. The van der Waals surface area contributed by atoms with Crippen LogP contribution in [-0.4, -0.2) is 35.4 Å². The first kappa shape index (κ1) is 20.6. The number of benzene rings is 2. The van der Waals surface area contributed by atoms with E-state index in [-0.39, 0.29) is 0 Å². The number of pyridine rings is 1. The zero-order chi connectivity index (χ0) is 21.8. The van der Waals surface area contributed by atoms with Gasteiger partial charge in [-0.1, -0.05) is 11.6 Å². The highest BCUT2D eigenvalue weighted by molar-refractivity contribution is 6.33.